The van der Waals surface area contributed by atoms with Crippen molar-refractivity contribution >= 4 is 11.7 Å². The molecule has 1 saturated heterocycles. The van der Waals surface area contributed by atoms with E-state index in [1.54, 1.807) is 13.8 Å². The highest BCUT2D eigenvalue weighted by Gasteiger charge is 2.39. The molecule has 1 heterocycles. The normalized spacial score (nSPS) is 34.6. The van der Waals surface area contributed by atoms with E-state index < -0.39 is 11.5 Å². The van der Waals surface area contributed by atoms with Gasteiger partial charge in [0.2, 0.25) is 5.91 Å². The second kappa shape index (κ2) is 9.55. The summed E-state index contributed by atoms with van der Waals surface area (Å²) in [5.74, 6) is 1.00. The Morgan fingerprint density at radius 1 is 1.00 bits per heavy atom. The first-order valence-corrected chi connectivity index (χ1v) is 9.63. The van der Waals surface area contributed by atoms with E-state index in [9.17, 15) is 14.7 Å². The van der Waals surface area contributed by atoms with Crippen LogP contribution in [0.2, 0.25) is 0 Å². The largest absolute Gasteiger partial charge is 0.392 e. The van der Waals surface area contributed by atoms with Gasteiger partial charge in [0.05, 0.1) is 17.9 Å². The number of amides is 1. The Morgan fingerprint density at radius 3 is 2.25 bits per heavy atom. The van der Waals surface area contributed by atoms with Gasteiger partial charge in [-0.3, -0.25) is 9.59 Å². The fraction of sp³-hybridized carbons (Fsp3) is 0.900. The van der Waals surface area contributed by atoms with E-state index >= 15 is 0 Å². The summed E-state index contributed by atoms with van der Waals surface area (Å²) in [5.41, 5.74) is -0.887. The van der Waals surface area contributed by atoms with Crippen LogP contribution >= 0.6 is 0 Å². The van der Waals surface area contributed by atoms with Crippen molar-refractivity contribution in [2.75, 3.05) is 6.54 Å². The van der Waals surface area contributed by atoms with E-state index in [2.05, 4.69) is 19.2 Å². The third kappa shape index (κ3) is 6.54. The second-order valence-corrected chi connectivity index (χ2v) is 8.58. The number of aliphatic hydroxyl groups is 1. The zero-order chi connectivity index (χ0) is 18.3. The molecule has 0 aromatic rings. The highest BCUT2D eigenvalue weighted by molar-refractivity contribution is 5.87. The fourth-order valence-corrected chi connectivity index (χ4v) is 3.77. The van der Waals surface area contributed by atoms with E-state index in [0.717, 1.165) is 25.7 Å². The van der Waals surface area contributed by atoms with Crippen LogP contribution in [0, 0.1) is 23.2 Å². The van der Waals surface area contributed by atoms with Gasteiger partial charge in [-0.2, -0.15) is 0 Å². The molecule has 24 heavy (non-hydrogen) atoms. The smallest absolute Gasteiger partial charge is 0.222 e. The minimum absolute atomic E-state index is 0.00341. The number of Topliss-reactive ketones (excluding diaryl/α,β-unsaturated/α-hetero) is 1. The number of carbonyl (C=O) groups is 2. The maximum Gasteiger partial charge on any atom is 0.222 e. The van der Waals surface area contributed by atoms with E-state index in [1.807, 2.05) is 6.92 Å². The Balaban J connectivity index is 2.80. The molecule has 0 spiro atoms. The van der Waals surface area contributed by atoms with Gasteiger partial charge in [0.1, 0.15) is 5.78 Å². The number of hydrogen-bond acceptors (Lipinski definition) is 3. The highest BCUT2D eigenvalue weighted by Crippen LogP contribution is 2.31. The molecular weight excluding hydrogens is 302 g/mol. The van der Waals surface area contributed by atoms with Gasteiger partial charge >= 0.3 is 0 Å². The molecule has 0 aromatic carbocycles. The van der Waals surface area contributed by atoms with Gasteiger partial charge in [-0.25, -0.2) is 0 Å². The van der Waals surface area contributed by atoms with Crippen molar-refractivity contribution < 1.29 is 14.7 Å². The lowest BCUT2D eigenvalue weighted by atomic mass is 9.74. The second-order valence-electron chi connectivity index (χ2n) is 8.58. The molecule has 0 aliphatic carbocycles. The molecule has 0 radical (unpaired) electrons. The Hall–Kier alpha value is -0.900. The van der Waals surface area contributed by atoms with Crippen molar-refractivity contribution in [3.63, 3.8) is 0 Å². The molecule has 4 atom stereocenters. The summed E-state index contributed by atoms with van der Waals surface area (Å²) in [6, 6.07) is 0. The molecule has 1 aliphatic heterocycles. The van der Waals surface area contributed by atoms with Crippen molar-refractivity contribution in [3.8, 4) is 0 Å². The van der Waals surface area contributed by atoms with Crippen LogP contribution in [0.3, 0.4) is 0 Å². The van der Waals surface area contributed by atoms with Crippen molar-refractivity contribution in [1.29, 1.82) is 0 Å². The van der Waals surface area contributed by atoms with Crippen LogP contribution in [0.4, 0.5) is 0 Å². The minimum atomic E-state index is -0.936. The number of hydrogen-bond donors (Lipinski definition) is 2. The molecule has 2 N–H and O–H groups in total. The van der Waals surface area contributed by atoms with Crippen LogP contribution in [0.5, 0.6) is 0 Å². The first-order valence-electron chi connectivity index (χ1n) is 9.63. The van der Waals surface area contributed by atoms with Crippen LogP contribution in [0.15, 0.2) is 0 Å². The van der Waals surface area contributed by atoms with Crippen LogP contribution < -0.4 is 5.32 Å². The average Bonchev–Trinajstić information content (AvgIpc) is 2.49. The van der Waals surface area contributed by atoms with Crippen molar-refractivity contribution in [1.82, 2.24) is 5.32 Å². The quantitative estimate of drug-likeness (QED) is 0.707. The minimum Gasteiger partial charge on any atom is -0.392 e. The number of rotatable bonds is 0. The van der Waals surface area contributed by atoms with Gasteiger partial charge in [-0.15, -0.1) is 0 Å². The van der Waals surface area contributed by atoms with Crippen LogP contribution in [-0.4, -0.2) is 29.4 Å². The zero-order valence-electron chi connectivity index (χ0n) is 16.2. The molecule has 1 rings (SSSR count). The summed E-state index contributed by atoms with van der Waals surface area (Å²) in [6.45, 7) is 10.6. The number of aliphatic hydroxyl groups excluding tert-OH is 1. The summed E-state index contributed by atoms with van der Waals surface area (Å²) in [5, 5.41) is 13.3. The molecule has 1 amide bonds. The number of nitrogens with one attached hydrogen (secondary N) is 1. The molecule has 0 saturated carbocycles. The lowest BCUT2D eigenvalue weighted by molar-refractivity contribution is -0.139. The maximum absolute atomic E-state index is 12.8. The van der Waals surface area contributed by atoms with E-state index in [0.29, 0.717) is 18.4 Å². The summed E-state index contributed by atoms with van der Waals surface area (Å²) in [4.78, 5) is 24.8. The van der Waals surface area contributed by atoms with E-state index in [1.165, 1.54) is 12.8 Å². The molecule has 4 heteroatoms. The summed E-state index contributed by atoms with van der Waals surface area (Å²) in [7, 11) is 0. The van der Waals surface area contributed by atoms with Crippen LogP contribution in [-0.2, 0) is 9.59 Å². The van der Waals surface area contributed by atoms with E-state index in [4.69, 9.17) is 0 Å². The molecule has 4 unspecified atom stereocenters. The summed E-state index contributed by atoms with van der Waals surface area (Å²) >= 11 is 0. The Bertz CT molecular complexity index is 419. The lowest BCUT2D eigenvalue weighted by Gasteiger charge is -2.32. The Morgan fingerprint density at radius 2 is 1.58 bits per heavy atom. The average molecular weight is 340 g/mol. The molecule has 4 nitrogen and oxygen atoms in total. The van der Waals surface area contributed by atoms with Crippen LogP contribution in [0.25, 0.3) is 0 Å². The predicted molar refractivity (Wildman–Crippen MR) is 97.6 cm³/mol. The molecular formula is C20H37NO3. The van der Waals surface area contributed by atoms with Gasteiger partial charge in [0.15, 0.2) is 0 Å². The highest BCUT2D eigenvalue weighted by atomic mass is 16.3. The number of ketones is 1. The monoisotopic (exact) mass is 339 g/mol. The summed E-state index contributed by atoms with van der Waals surface area (Å²) in [6.07, 6.45) is 5.57. The first kappa shape index (κ1) is 21.1. The molecule has 0 bridgehead atoms. The van der Waals surface area contributed by atoms with E-state index in [-0.39, 0.29) is 24.0 Å². The van der Waals surface area contributed by atoms with Gasteiger partial charge in [0, 0.05) is 12.5 Å². The lowest BCUT2D eigenvalue weighted by Crippen LogP contribution is -2.43. The third-order valence-corrected chi connectivity index (χ3v) is 5.64. The van der Waals surface area contributed by atoms with Crippen molar-refractivity contribution in [2.45, 2.75) is 85.7 Å². The Kier molecular flexibility index (Phi) is 8.41. The van der Waals surface area contributed by atoms with Gasteiger partial charge in [-0.1, -0.05) is 53.9 Å². The zero-order valence-corrected chi connectivity index (χ0v) is 16.2. The fourth-order valence-electron chi connectivity index (χ4n) is 3.77. The van der Waals surface area contributed by atoms with Gasteiger partial charge in [0.25, 0.3) is 0 Å². The SMILES string of the molecule is CC1CCCNC(=O)CC(O)C(C)(C)C(=O)C(C)CC(C)CCC1. The maximum atomic E-state index is 12.8. The molecule has 140 valence electrons. The van der Waals surface area contributed by atoms with Crippen LogP contribution in [0.1, 0.15) is 79.6 Å². The van der Waals surface area contributed by atoms with Crippen molar-refractivity contribution in [3.05, 3.63) is 0 Å². The topological polar surface area (TPSA) is 66.4 Å². The van der Waals surface area contributed by atoms with Gasteiger partial charge < -0.3 is 10.4 Å². The first-order chi connectivity index (χ1) is 11.1. The molecule has 0 aromatic heterocycles. The Labute approximate surface area is 147 Å². The van der Waals surface area contributed by atoms with Gasteiger partial charge in [-0.05, 0) is 31.1 Å². The molecule has 1 fully saturated rings. The standard InChI is InChI=1S/C20H37NO3/c1-14-8-6-9-15(2)12-16(3)19(24)20(4,5)17(22)13-18(23)21-11-7-10-14/h14-17,22H,6-13H2,1-5H3,(H,21,23). The number of carbonyl (C=O) groups excluding carboxylic acids is 2. The van der Waals surface area contributed by atoms with Crippen molar-refractivity contribution in [2.24, 2.45) is 23.2 Å². The molecule has 1 aliphatic rings. The predicted octanol–water partition coefficient (Wildman–Crippen LogP) is 3.71. The summed E-state index contributed by atoms with van der Waals surface area (Å²) < 4.78 is 0. The third-order valence-electron chi connectivity index (χ3n) is 5.64.